The van der Waals surface area contributed by atoms with Crippen molar-refractivity contribution in [1.29, 1.82) is 0 Å². The molecule has 0 unspecified atom stereocenters. The van der Waals surface area contributed by atoms with Gasteiger partial charge in [-0.25, -0.2) is 4.39 Å². The number of benzene rings is 1. The van der Waals surface area contributed by atoms with E-state index in [4.69, 9.17) is 27.4 Å². The maximum Gasteiger partial charge on any atom is 0.165 e. The van der Waals surface area contributed by atoms with Gasteiger partial charge in [0.15, 0.2) is 11.6 Å². The van der Waals surface area contributed by atoms with E-state index in [2.05, 4.69) is 0 Å². The van der Waals surface area contributed by atoms with Gasteiger partial charge in [0.25, 0.3) is 0 Å². The molecule has 1 aromatic rings. The molecule has 0 aromatic heterocycles. The van der Waals surface area contributed by atoms with Crippen LogP contribution in [0.5, 0.6) is 5.75 Å². The van der Waals surface area contributed by atoms with Crippen LogP contribution in [0.4, 0.5) is 4.39 Å². The fourth-order valence-electron chi connectivity index (χ4n) is 1.28. The number of ether oxygens (including phenoxy) is 2. The normalized spacial score (nSPS) is 11.3. The zero-order valence-corrected chi connectivity index (χ0v) is 11.6. The van der Waals surface area contributed by atoms with Gasteiger partial charge >= 0.3 is 0 Å². The van der Waals surface area contributed by atoms with E-state index in [1.807, 2.05) is 13.8 Å². The Labute approximate surface area is 112 Å². The average Bonchev–Trinajstić information content (AvgIpc) is 2.31. The molecule has 0 amide bonds. The van der Waals surface area contributed by atoms with Crippen LogP contribution in [0.25, 0.3) is 0 Å². The molecule has 0 aliphatic rings. The van der Waals surface area contributed by atoms with E-state index in [0.717, 1.165) is 0 Å². The second-order valence-electron chi connectivity index (χ2n) is 4.57. The van der Waals surface area contributed by atoms with Crippen LogP contribution in [0.1, 0.15) is 25.8 Å². The molecule has 2 N–H and O–H groups in total. The minimum absolute atomic E-state index is 0.168. The first-order chi connectivity index (χ1) is 8.35. The predicted octanol–water partition coefficient (Wildman–Crippen LogP) is 2.65. The largest absolute Gasteiger partial charge is 0.490 e. The molecule has 0 heterocycles. The van der Waals surface area contributed by atoms with Gasteiger partial charge < -0.3 is 15.2 Å². The molecule has 0 spiro atoms. The molecule has 0 radical (unpaired) electrons. The van der Waals surface area contributed by atoms with Gasteiger partial charge in [0.05, 0.1) is 12.2 Å². The predicted molar refractivity (Wildman–Crippen MR) is 73.5 cm³/mol. The maximum atomic E-state index is 13.6. The molecule has 0 bridgehead atoms. The molecule has 18 heavy (non-hydrogen) atoms. The number of halogens is 1. The van der Waals surface area contributed by atoms with Crippen LogP contribution < -0.4 is 10.5 Å². The van der Waals surface area contributed by atoms with Gasteiger partial charge in [0.2, 0.25) is 0 Å². The van der Waals surface area contributed by atoms with Crippen molar-refractivity contribution in [3.8, 4) is 5.75 Å². The van der Waals surface area contributed by atoms with Crippen LogP contribution in [0.2, 0.25) is 0 Å². The third-order valence-corrected chi connectivity index (χ3v) is 2.97. The highest BCUT2D eigenvalue weighted by Gasteiger charge is 2.16. The number of thiocarbonyl (C=S) groups is 1. The monoisotopic (exact) mass is 271 g/mol. The van der Waals surface area contributed by atoms with Gasteiger partial charge in [-0.1, -0.05) is 12.2 Å². The molecule has 5 heteroatoms. The summed E-state index contributed by atoms with van der Waals surface area (Å²) in [5.74, 6) is -0.266. The summed E-state index contributed by atoms with van der Waals surface area (Å²) in [6.45, 7) is 4.27. The number of rotatable bonds is 6. The van der Waals surface area contributed by atoms with Crippen molar-refractivity contribution in [2.24, 2.45) is 5.73 Å². The van der Waals surface area contributed by atoms with E-state index in [-0.39, 0.29) is 16.3 Å². The van der Waals surface area contributed by atoms with Crippen molar-refractivity contribution in [2.75, 3.05) is 13.7 Å². The summed E-state index contributed by atoms with van der Waals surface area (Å²) in [5, 5.41) is 0. The van der Waals surface area contributed by atoms with Crippen LogP contribution in [0.15, 0.2) is 18.2 Å². The molecule has 100 valence electrons. The molecule has 0 fully saturated rings. The van der Waals surface area contributed by atoms with Crippen molar-refractivity contribution >= 4 is 17.2 Å². The zero-order chi connectivity index (χ0) is 13.8. The third kappa shape index (κ3) is 4.23. The van der Waals surface area contributed by atoms with Gasteiger partial charge in [0, 0.05) is 19.1 Å². The van der Waals surface area contributed by atoms with Gasteiger partial charge in [0.1, 0.15) is 4.99 Å². The van der Waals surface area contributed by atoms with E-state index >= 15 is 0 Å². The summed E-state index contributed by atoms with van der Waals surface area (Å²) in [7, 11) is 1.64. The number of hydrogen-bond donors (Lipinski definition) is 1. The highest BCUT2D eigenvalue weighted by atomic mass is 32.1. The van der Waals surface area contributed by atoms with Crippen molar-refractivity contribution in [1.82, 2.24) is 0 Å². The van der Waals surface area contributed by atoms with E-state index in [0.29, 0.717) is 18.6 Å². The van der Waals surface area contributed by atoms with Crippen LogP contribution in [-0.2, 0) is 4.74 Å². The number of methoxy groups -OCH3 is 1. The van der Waals surface area contributed by atoms with Gasteiger partial charge in [-0.15, -0.1) is 0 Å². The summed E-state index contributed by atoms with van der Waals surface area (Å²) in [6, 6.07) is 4.45. The highest BCUT2D eigenvalue weighted by Crippen LogP contribution is 2.20. The first-order valence-electron chi connectivity index (χ1n) is 5.63. The van der Waals surface area contributed by atoms with Gasteiger partial charge in [-0.3, -0.25) is 0 Å². The van der Waals surface area contributed by atoms with Crippen LogP contribution in [0, 0.1) is 5.82 Å². The Morgan fingerprint density at radius 2 is 2.11 bits per heavy atom. The summed E-state index contributed by atoms with van der Waals surface area (Å²) in [6.07, 6.45) is 0.667. The third-order valence-electron chi connectivity index (χ3n) is 2.73. The SMILES string of the molecule is COC(C)(C)CCOc1ccc(C(N)=S)cc1F. The topological polar surface area (TPSA) is 44.5 Å². The molecule has 1 rings (SSSR count). The smallest absolute Gasteiger partial charge is 0.165 e. The average molecular weight is 271 g/mol. The fourth-order valence-corrected chi connectivity index (χ4v) is 1.41. The minimum Gasteiger partial charge on any atom is -0.490 e. The Morgan fingerprint density at radius 1 is 1.44 bits per heavy atom. The first-order valence-corrected chi connectivity index (χ1v) is 6.04. The quantitative estimate of drug-likeness (QED) is 0.808. The molecule has 1 aromatic carbocycles. The Morgan fingerprint density at radius 3 is 2.61 bits per heavy atom. The molecule has 0 aliphatic heterocycles. The summed E-state index contributed by atoms with van der Waals surface area (Å²) in [4.78, 5) is 0.168. The lowest BCUT2D eigenvalue weighted by atomic mass is 10.1. The van der Waals surface area contributed by atoms with Crippen molar-refractivity contribution in [3.63, 3.8) is 0 Å². The highest BCUT2D eigenvalue weighted by molar-refractivity contribution is 7.80. The van der Waals surface area contributed by atoms with E-state index in [1.54, 1.807) is 13.2 Å². The van der Waals surface area contributed by atoms with Crippen LogP contribution in [-0.4, -0.2) is 24.3 Å². The molecule has 0 saturated heterocycles. The second-order valence-corrected chi connectivity index (χ2v) is 5.01. The second kappa shape index (κ2) is 6.11. The molecular weight excluding hydrogens is 253 g/mol. The van der Waals surface area contributed by atoms with Gasteiger partial charge in [-0.2, -0.15) is 0 Å². The molecule has 3 nitrogen and oxygen atoms in total. The Balaban J connectivity index is 2.61. The van der Waals surface area contributed by atoms with E-state index in [9.17, 15) is 4.39 Å². The lowest BCUT2D eigenvalue weighted by Crippen LogP contribution is -2.25. The molecular formula is C13H18FNO2S. The Hall–Kier alpha value is -1.20. The minimum atomic E-state index is -0.462. The summed E-state index contributed by atoms with van der Waals surface area (Å²) < 4.78 is 24.3. The number of nitrogens with two attached hydrogens (primary N) is 1. The van der Waals surface area contributed by atoms with Crippen LogP contribution in [0.3, 0.4) is 0 Å². The van der Waals surface area contributed by atoms with Gasteiger partial charge in [-0.05, 0) is 32.0 Å². The van der Waals surface area contributed by atoms with Crippen molar-refractivity contribution < 1.29 is 13.9 Å². The lowest BCUT2D eigenvalue weighted by molar-refractivity contribution is 0.00514. The lowest BCUT2D eigenvalue weighted by Gasteiger charge is -2.22. The fraction of sp³-hybridized carbons (Fsp3) is 0.462. The van der Waals surface area contributed by atoms with Crippen molar-refractivity contribution in [3.05, 3.63) is 29.6 Å². The zero-order valence-electron chi connectivity index (χ0n) is 10.8. The van der Waals surface area contributed by atoms with E-state index < -0.39 is 5.82 Å². The van der Waals surface area contributed by atoms with E-state index in [1.165, 1.54) is 12.1 Å². The summed E-state index contributed by atoms with van der Waals surface area (Å²) in [5.41, 5.74) is 5.63. The Bertz CT molecular complexity index is 435. The first kappa shape index (κ1) is 14.9. The summed E-state index contributed by atoms with van der Waals surface area (Å²) >= 11 is 4.77. The number of hydrogen-bond acceptors (Lipinski definition) is 3. The molecule has 0 aliphatic carbocycles. The molecule has 0 atom stereocenters. The Kier molecular flexibility index (Phi) is 5.04. The maximum absolute atomic E-state index is 13.6. The standard InChI is InChI=1S/C13H18FNO2S/c1-13(2,16-3)6-7-17-11-5-4-9(12(15)18)8-10(11)14/h4-5,8H,6-7H2,1-3H3,(H2,15,18). The molecule has 0 saturated carbocycles. The van der Waals surface area contributed by atoms with Crippen molar-refractivity contribution in [2.45, 2.75) is 25.9 Å². The van der Waals surface area contributed by atoms with Crippen LogP contribution >= 0.6 is 12.2 Å².